The van der Waals surface area contributed by atoms with Crippen LogP contribution in [0.1, 0.15) is 32.6 Å². The molecule has 24 heavy (non-hydrogen) atoms. The molecule has 0 unspecified atom stereocenters. The number of halogens is 1. The van der Waals surface area contributed by atoms with Crippen molar-refractivity contribution in [2.24, 2.45) is 17.6 Å². The van der Waals surface area contributed by atoms with Crippen molar-refractivity contribution in [1.82, 2.24) is 5.32 Å². The Morgan fingerprint density at radius 2 is 1.88 bits per heavy atom. The number of carbonyl (C=O) groups is 1. The second kappa shape index (κ2) is 10.0. The number of nitrogens with two attached hydrogens (primary N) is 1. The normalized spacial score (nSPS) is 19.7. The van der Waals surface area contributed by atoms with Gasteiger partial charge >= 0.3 is 5.97 Å². The zero-order valence-electron chi connectivity index (χ0n) is 13.9. The van der Waals surface area contributed by atoms with E-state index in [9.17, 15) is 4.79 Å². The molecule has 0 saturated heterocycles. The van der Waals surface area contributed by atoms with Gasteiger partial charge in [-0.05, 0) is 50.7 Å². The summed E-state index contributed by atoms with van der Waals surface area (Å²) < 4.78 is 11.0. The number of guanidine groups is 1. The molecule has 0 heterocycles. The first-order valence-corrected chi connectivity index (χ1v) is 8.11. The summed E-state index contributed by atoms with van der Waals surface area (Å²) in [7, 11) is 0. The maximum Gasteiger partial charge on any atom is 0.314 e. The lowest BCUT2D eigenvalue weighted by atomic mass is 9.82. The molecule has 0 radical (unpaired) electrons. The predicted octanol–water partition coefficient (Wildman–Crippen LogP) is 2.70. The molecule has 1 aromatic carbocycles. The van der Waals surface area contributed by atoms with Crippen molar-refractivity contribution in [3.63, 3.8) is 0 Å². The Labute approximate surface area is 149 Å². The van der Waals surface area contributed by atoms with Crippen molar-refractivity contribution < 1.29 is 14.3 Å². The highest BCUT2D eigenvalue weighted by atomic mass is 35.5. The van der Waals surface area contributed by atoms with E-state index in [1.807, 2.05) is 19.1 Å². The van der Waals surface area contributed by atoms with Crippen LogP contribution in [0.5, 0.6) is 11.5 Å². The molecule has 134 valence electrons. The lowest BCUT2D eigenvalue weighted by Gasteiger charge is -2.27. The third kappa shape index (κ3) is 5.92. The number of nitrogens with one attached hydrogen (secondary N) is 2. The van der Waals surface area contributed by atoms with E-state index in [0.717, 1.165) is 25.7 Å². The summed E-state index contributed by atoms with van der Waals surface area (Å²) in [6, 6.07) is 7.24. The Morgan fingerprint density at radius 3 is 2.46 bits per heavy atom. The SMILES string of the molecule is CCOc1ccccc1OC(=O)C1CCC(CNC(=N)N)CC1.Cl. The Balaban J connectivity index is 0.00000288. The molecule has 1 aliphatic carbocycles. The van der Waals surface area contributed by atoms with Gasteiger partial charge in [0, 0.05) is 6.54 Å². The van der Waals surface area contributed by atoms with Crippen LogP contribution in [-0.4, -0.2) is 25.1 Å². The molecule has 0 spiro atoms. The predicted molar refractivity (Wildman–Crippen MR) is 95.9 cm³/mol. The molecule has 1 aliphatic rings. The second-order valence-electron chi connectivity index (χ2n) is 5.81. The lowest BCUT2D eigenvalue weighted by Crippen LogP contribution is -2.36. The van der Waals surface area contributed by atoms with Gasteiger partial charge in [0.15, 0.2) is 17.5 Å². The summed E-state index contributed by atoms with van der Waals surface area (Å²) >= 11 is 0. The molecule has 0 aromatic heterocycles. The van der Waals surface area contributed by atoms with E-state index in [4.69, 9.17) is 20.6 Å². The van der Waals surface area contributed by atoms with Gasteiger partial charge < -0.3 is 20.5 Å². The Bertz CT molecular complexity index is 546. The van der Waals surface area contributed by atoms with Crippen molar-refractivity contribution >= 4 is 24.3 Å². The fourth-order valence-corrected chi connectivity index (χ4v) is 2.86. The summed E-state index contributed by atoms with van der Waals surface area (Å²) in [6.07, 6.45) is 3.49. The van der Waals surface area contributed by atoms with E-state index in [1.54, 1.807) is 12.1 Å². The first kappa shape index (κ1) is 20.1. The summed E-state index contributed by atoms with van der Waals surface area (Å²) in [5.74, 6) is 1.29. The number of hydrogen-bond acceptors (Lipinski definition) is 4. The number of ether oxygens (including phenoxy) is 2. The molecule has 0 amide bonds. The fraction of sp³-hybridized carbons (Fsp3) is 0.529. The first-order valence-electron chi connectivity index (χ1n) is 8.11. The van der Waals surface area contributed by atoms with Crippen molar-refractivity contribution in [2.45, 2.75) is 32.6 Å². The molecule has 0 aliphatic heterocycles. The number of esters is 1. The minimum atomic E-state index is -0.185. The molecule has 1 saturated carbocycles. The van der Waals surface area contributed by atoms with E-state index in [0.29, 0.717) is 30.6 Å². The number of hydrogen-bond donors (Lipinski definition) is 3. The van der Waals surface area contributed by atoms with E-state index in [1.165, 1.54) is 0 Å². The van der Waals surface area contributed by atoms with Crippen LogP contribution in [0.2, 0.25) is 0 Å². The highest BCUT2D eigenvalue weighted by Gasteiger charge is 2.28. The Morgan fingerprint density at radius 1 is 1.25 bits per heavy atom. The van der Waals surface area contributed by atoms with Crippen LogP contribution in [0.3, 0.4) is 0 Å². The third-order valence-electron chi connectivity index (χ3n) is 4.12. The average Bonchev–Trinajstić information content (AvgIpc) is 2.55. The van der Waals surface area contributed by atoms with Crippen molar-refractivity contribution in [2.75, 3.05) is 13.2 Å². The number of rotatable bonds is 6. The van der Waals surface area contributed by atoms with E-state index < -0.39 is 0 Å². The average molecular weight is 356 g/mol. The number of para-hydroxylation sites is 2. The van der Waals surface area contributed by atoms with Crippen LogP contribution in [0, 0.1) is 17.2 Å². The monoisotopic (exact) mass is 355 g/mol. The molecule has 6 nitrogen and oxygen atoms in total. The van der Waals surface area contributed by atoms with Crippen LogP contribution in [0.4, 0.5) is 0 Å². The largest absolute Gasteiger partial charge is 0.490 e. The van der Waals surface area contributed by atoms with Crippen molar-refractivity contribution in [3.05, 3.63) is 24.3 Å². The first-order chi connectivity index (χ1) is 11.1. The molecular formula is C17H26ClN3O3. The molecule has 0 bridgehead atoms. The van der Waals surface area contributed by atoms with E-state index in [2.05, 4.69) is 5.32 Å². The minimum absolute atomic E-state index is 0. The standard InChI is InChI=1S/C17H25N3O3.ClH/c1-2-22-14-5-3-4-6-15(14)23-16(21)13-9-7-12(8-10-13)11-20-17(18)19;/h3-6,12-13H,2,7-11H2,1H3,(H4,18,19,20);1H. The van der Waals surface area contributed by atoms with Crippen LogP contribution in [0.25, 0.3) is 0 Å². The van der Waals surface area contributed by atoms with Crippen LogP contribution >= 0.6 is 12.4 Å². The molecule has 0 atom stereocenters. The summed E-state index contributed by atoms with van der Waals surface area (Å²) in [5.41, 5.74) is 5.30. The highest BCUT2D eigenvalue weighted by molar-refractivity contribution is 5.85. The van der Waals surface area contributed by atoms with E-state index in [-0.39, 0.29) is 30.3 Å². The van der Waals surface area contributed by atoms with Gasteiger partial charge in [0.2, 0.25) is 0 Å². The molecule has 2 rings (SSSR count). The van der Waals surface area contributed by atoms with Gasteiger partial charge in [-0.25, -0.2) is 0 Å². The smallest absolute Gasteiger partial charge is 0.314 e. The van der Waals surface area contributed by atoms with Gasteiger partial charge in [-0.1, -0.05) is 12.1 Å². The van der Waals surface area contributed by atoms with Crippen LogP contribution in [0.15, 0.2) is 24.3 Å². The van der Waals surface area contributed by atoms with Crippen molar-refractivity contribution in [1.29, 1.82) is 5.41 Å². The third-order valence-corrected chi connectivity index (χ3v) is 4.12. The molecular weight excluding hydrogens is 330 g/mol. The highest BCUT2D eigenvalue weighted by Crippen LogP contribution is 2.32. The second-order valence-corrected chi connectivity index (χ2v) is 5.81. The quantitative estimate of drug-likeness (QED) is 0.315. The molecule has 1 aromatic rings. The van der Waals surface area contributed by atoms with Gasteiger partial charge in [-0.3, -0.25) is 10.2 Å². The van der Waals surface area contributed by atoms with Gasteiger partial charge in [0.25, 0.3) is 0 Å². The molecule has 7 heteroatoms. The zero-order valence-corrected chi connectivity index (χ0v) is 14.7. The summed E-state index contributed by atoms with van der Waals surface area (Å²) in [6.45, 7) is 3.13. The topological polar surface area (TPSA) is 97.4 Å². The van der Waals surface area contributed by atoms with Gasteiger partial charge in [-0.2, -0.15) is 0 Å². The van der Waals surface area contributed by atoms with Crippen LogP contribution in [-0.2, 0) is 4.79 Å². The maximum atomic E-state index is 12.3. The molecule has 4 N–H and O–H groups in total. The van der Waals surface area contributed by atoms with Gasteiger partial charge in [0.05, 0.1) is 12.5 Å². The molecule has 1 fully saturated rings. The maximum absolute atomic E-state index is 12.3. The summed E-state index contributed by atoms with van der Waals surface area (Å²) in [5, 5.41) is 10.0. The Hall–Kier alpha value is -1.95. The number of benzene rings is 1. The minimum Gasteiger partial charge on any atom is -0.490 e. The fourth-order valence-electron chi connectivity index (χ4n) is 2.86. The van der Waals surface area contributed by atoms with Gasteiger partial charge in [-0.15, -0.1) is 12.4 Å². The van der Waals surface area contributed by atoms with Crippen molar-refractivity contribution in [3.8, 4) is 11.5 Å². The summed E-state index contributed by atoms with van der Waals surface area (Å²) in [4.78, 5) is 12.3. The number of carbonyl (C=O) groups excluding carboxylic acids is 1. The van der Waals surface area contributed by atoms with E-state index >= 15 is 0 Å². The van der Waals surface area contributed by atoms with Gasteiger partial charge in [0.1, 0.15) is 0 Å². The Kier molecular flexibility index (Phi) is 8.40. The lowest BCUT2D eigenvalue weighted by molar-refractivity contribution is -0.140. The van der Waals surface area contributed by atoms with Crippen LogP contribution < -0.4 is 20.5 Å². The zero-order chi connectivity index (χ0) is 16.7.